The first-order valence-corrected chi connectivity index (χ1v) is 27.5. The maximum Gasteiger partial charge on any atom is 0.0934 e. The zero-order valence-corrected chi connectivity index (χ0v) is 42.7. The molecule has 3 fully saturated rings. The summed E-state index contributed by atoms with van der Waals surface area (Å²) < 4.78 is 19.0. The summed E-state index contributed by atoms with van der Waals surface area (Å²) in [5.74, 6) is 5.49. The highest BCUT2D eigenvalue weighted by atomic mass is 16.5. The Hall–Kier alpha value is -0.940. The fraction of sp³-hybridized carbons (Fsp3) is 0.897. The van der Waals surface area contributed by atoms with Crippen LogP contribution in [0.1, 0.15) is 228 Å². The number of hydrogen-bond acceptors (Lipinski definition) is 4. The summed E-state index contributed by atoms with van der Waals surface area (Å²) in [7, 11) is 4.28. The number of ether oxygens (including phenoxy) is 3. The molecule has 0 radical (unpaired) electrons. The molecule has 0 aliphatic heterocycles. The molecule has 0 aromatic carbocycles. The number of unbranched alkanes of at least 4 members (excludes halogenated alkanes) is 14. The minimum Gasteiger partial charge on any atom is -0.379 e. The van der Waals surface area contributed by atoms with Crippen LogP contribution in [0, 0.1) is 46.3 Å². The predicted octanol–water partition coefficient (Wildman–Crippen LogP) is 16.5. The third-order valence-corrected chi connectivity index (χ3v) is 16.9. The first kappa shape index (κ1) is 53.7. The molecule has 0 unspecified atom stereocenters. The molecular formula is C58H105NO3. The molecule has 4 aliphatic rings. The zero-order valence-electron chi connectivity index (χ0n) is 42.7. The largest absolute Gasteiger partial charge is 0.379 e. The summed E-state index contributed by atoms with van der Waals surface area (Å²) in [5.41, 5.74) is 2.79. The molecule has 0 aromatic rings. The third-order valence-electron chi connectivity index (χ3n) is 16.9. The van der Waals surface area contributed by atoms with Gasteiger partial charge in [-0.25, -0.2) is 0 Å². The van der Waals surface area contributed by atoms with Gasteiger partial charge in [-0.2, -0.15) is 0 Å². The van der Waals surface area contributed by atoms with E-state index < -0.39 is 0 Å². The quantitative estimate of drug-likeness (QED) is 0.0469. The number of rotatable bonds is 35. The lowest BCUT2D eigenvalue weighted by Crippen LogP contribution is -2.51. The third kappa shape index (κ3) is 18.4. The van der Waals surface area contributed by atoms with Crippen LogP contribution in [0.3, 0.4) is 0 Å². The molecule has 4 rings (SSSR count). The van der Waals surface area contributed by atoms with Crippen molar-refractivity contribution in [2.75, 3.05) is 47.1 Å². The first-order chi connectivity index (χ1) is 30.1. The van der Waals surface area contributed by atoms with Crippen LogP contribution >= 0.6 is 0 Å². The molecule has 62 heavy (non-hydrogen) atoms. The molecule has 0 aromatic heterocycles. The number of likely N-dealkylation sites (N-methyl/N-ethyl adjacent to an activating group) is 1. The smallest absolute Gasteiger partial charge is 0.0934 e. The van der Waals surface area contributed by atoms with Crippen LogP contribution in [0.15, 0.2) is 36.0 Å². The van der Waals surface area contributed by atoms with Gasteiger partial charge in [0.25, 0.3) is 0 Å². The molecule has 0 saturated heterocycles. The van der Waals surface area contributed by atoms with Gasteiger partial charge in [0.15, 0.2) is 0 Å². The number of nitrogens with zero attached hydrogens (tertiary/aromatic N) is 1. The minimum absolute atomic E-state index is 0.173. The van der Waals surface area contributed by atoms with E-state index in [1.807, 2.05) is 0 Å². The second-order valence-corrected chi connectivity index (χ2v) is 22.6. The van der Waals surface area contributed by atoms with Crippen LogP contribution in [-0.2, 0) is 14.2 Å². The Labute approximate surface area is 387 Å². The Kier molecular flexibility index (Phi) is 26.3. The Balaban J connectivity index is 0.980. The monoisotopic (exact) mass is 864 g/mol. The Morgan fingerprint density at radius 3 is 2.05 bits per heavy atom. The molecule has 4 heteroatoms. The highest BCUT2D eigenvalue weighted by Crippen LogP contribution is 2.67. The van der Waals surface area contributed by atoms with E-state index in [0.717, 1.165) is 81.3 Å². The lowest BCUT2D eigenvalue weighted by atomic mass is 9.47. The predicted molar refractivity (Wildman–Crippen MR) is 269 cm³/mol. The van der Waals surface area contributed by atoms with Crippen molar-refractivity contribution in [3.63, 3.8) is 0 Å². The molecule has 0 amide bonds. The van der Waals surface area contributed by atoms with Crippen LogP contribution in [0.2, 0.25) is 0 Å². The van der Waals surface area contributed by atoms with E-state index in [1.54, 1.807) is 5.57 Å². The van der Waals surface area contributed by atoms with Crippen molar-refractivity contribution in [1.29, 1.82) is 0 Å². The van der Waals surface area contributed by atoms with E-state index in [1.165, 1.54) is 173 Å². The fourth-order valence-corrected chi connectivity index (χ4v) is 13.2. The van der Waals surface area contributed by atoms with Gasteiger partial charge < -0.3 is 19.1 Å². The molecule has 0 spiro atoms. The summed E-state index contributed by atoms with van der Waals surface area (Å²) in [5, 5.41) is 0. The molecule has 3 saturated carbocycles. The van der Waals surface area contributed by atoms with Crippen LogP contribution in [-0.4, -0.2) is 64.2 Å². The van der Waals surface area contributed by atoms with Crippen molar-refractivity contribution >= 4 is 0 Å². The summed E-state index contributed by atoms with van der Waals surface area (Å²) in [4.78, 5) is 2.23. The van der Waals surface area contributed by atoms with E-state index in [9.17, 15) is 0 Å². The Bertz CT molecular complexity index is 1240. The first-order valence-electron chi connectivity index (χ1n) is 27.5. The second-order valence-electron chi connectivity index (χ2n) is 22.6. The Morgan fingerprint density at radius 1 is 0.694 bits per heavy atom. The van der Waals surface area contributed by atoms with Gasteiger partial charge in [-0.3, -0.25) is 0 Å². The number of hydrogen-bond donors (Lipinski definition) is 0. The Morgan fingerprint density at radius 2 is 1.35 bits per heavy atom. The molecule has 4 aliphatic carbocycles. The molecule has 9 atom stereocenters. The van der Waals surface area contributed by atoms with Crippen molar-refractivity contribution in [3.05, 3.63) is 36.0 Å². The molecule has 0 bridgehead atoms. The van der Waals surface area contributed by atoms with E-state index in [2.05, 4.69) is 90.9 Å². The molecule has 360 valence electrons. The fourth-order valence-electron chi connectivity index (χ4n) is 13.2. The van der Waals surface area contributed by atoms with E-state index in [-0.39, 0.29) is 6.10 Å². The van der Waals surface area contributed by atoms with Crippen molar-refractivity contribution in [3.8, 4) is 0 Å². The number of allylic oxidation sites excluding steroid dienone is 5. The van der Waals surface area contributed by atoms with Crippen molar-refractivity contribution in [2.45, 2.75) is 240 Å². The zero-order chi connectivity index (χ0) is 44.5. The number of fused-ring (bicyclic) bond motifs is 5. The van der Waals surface area contributed by atoms with Gasteiger partial charge in [0.05, 0.1) is 18.8 Å². The van der Waals surface area contributed by atoms with Crippen LogP contribution in [0.5, 0.6) is 0 Å². The van der Waals surface area contributed by atoms with Crippen LogP contribution in [0.25, 0.3) is 0 Å². The van der Waals surface area contributed by atoms with Gasteiger partial charge in [0.1, 0.15) is 0 Å². The van der Waals surface area contributed by atoms with Crippen LogP contribution < -0.4 is 0 Å². The van der Waals surface area contributed by atoms with E-state index in [0.29, 0.717) is 16.9 Å². The van der Waals surface area contributed by atoms with Gasteiger partial charge in [0, 0.05) is 26.4 Å². The summed E-state index contributed by atoms with van der Waals surface area (Å²) >= 11 is 0. The van der Waals surface area contributed by atoms with E-state index >= 15 is 0 Å². The van der Waals surface area contributed by atoms with Gasteiger partial charge in [0.2, 0.25) is 0 Å². The maximum absolute atomic E-state index is 6.61. The summed E-state index contributed by atoms with van der Waals surface area (Å²) in [6.07, 6.45) is 51.1. The highest BCUT2D eigenvalue weighted by Gasteiger charge is 2.59. The molecule has 0 heterocycles. The maximum atomic E-state index is 6.61. The standard InChI is InChI=1S/C58H105NO3/c1-9-10-11-12-13-14-15-16-17-18-19-20-21-22-25-28-42-60-47-52(46-59(7)8)62-44-30-27-24-23-26-29-43-61-51-38-40-57(5)50(45-51)34-35-53-55-37-36-54(49(4)33-31-32-48(2)3)58(55,6)41-39-56(53)57/h13-14,16-17,34,48-49,51-56H,9-12,15,18-33,35-47H2,1-8H3/b14-13-,17-16-/t49-,51+,52-,53+,54-,55+,56+,57+,58-/m1/s1. The normalized spacial score (nSPS) is 28.5. The SMILES string of the molecule is CCCCC/C=C\C/C=C\CCCCCCCCOC[C@@H](CN(C)C)OCCCCCCCCO[C@H]1CC[C@@]2(C)C(=CC[C@H]3[C@@H]4CC[C@H]([C@H](C)CCCC(C)C)[C@@]4(C)CC[C@@H]32)C1. The summed E-state index contributed by atoms with van der Waals surface area (Å²) in [6.45, 7) is 19.4. The minimum atomic E-state index is 0.173. The summed E-state index contributed by atoms with van der Waals surface area (Å²) in [6, 6.07) is 0. The van der Waals surface area contributed by atoms with Gasteiger partial charge in [-0.1, -0.05) is 161 Å². The van der Waals surface area contributed by atoms with Gasteiger partial charge in [-0.05, 0) is 163 Å². The molecule has 4 nitrogen and oxygen atoms in total. The lowest BCUT2D eigenvalue weighted by molar-refractivity contribution is -0.0641. The second kappa shape index (κ2) is 30.4. The van der Waals surface area contributed by atoms with E-state index in [4.69, 9.17) is 14.2 Å². The van der Waals surface area contributed by atoms with Crippen LogP contribution in [0.4, 0.5) is 0 Å². The molecule has 0 N–H and O–H groups in total. The topological polar surface area (TPSA) is 30.9 Å². The van der Waals surface area contributed by atoms with Crippen molar-refractivity contribution < 1.29 is 14.2 Å². The van der Waals surface area contributed by atoms with Gasteiger partial charge >= 0.3 is 0 Å². The van der Waals surface area contributed by atoms with Crippen molar-refractivity contribution in [2.24, 2.45) is 46.3 Å². The van der Waals surface area contributed by atoms with Gasteiger partial charge in [-0.15, -0.1) is 0 Å². The average molecular weight is 864 g/mol. The lowest BCUT2D eigenvalue weighted by Gasteiger charge is -2.58. The highest BCUT2D eigenvalue weighted by molar-refractivity contribution is 5.25. The van der Waals surface area contributed by atoms with Crippen molar-refractivity contribution in [1.82, 2.24) is 4.90 Å². The average Bonchev–Trinajstić information content (AvgIpc) is 3.60. The molecular weight excluding hydrogens is 759 g/mol.